The fraction of sp³-hybridized carbons (Fsp3) is 0.579. The summed E-state index contributed by atoms with van der Waals surface area (Å²) < 4.78 is 32.7. The van der Waals surface area contributed by atoms with E-state index >= 15 is 0 Å². The van der Waals surface area contributed by atoms with Crippen molar-refractivity contribution in [3.05, 3.63) is 28.8 Å². The van der Waals surface area contributed by atoms with Crippen LogP contribution >= 0.6 is 11.6 Å². The van der Waals surface area contributed by atoms with Crippen molar-refractivity contribution in [3.8, 4) is 0 Å². The number of ether oxygens (including phenoxy) is 1. The molecule has 158 valence electrons. The highest BCUT2D eigenvalue weighted by molar-refractivity contribution is 7.89. The lowest BCUT2D eigenvalue weighted by atomic mass is 10.1. The highest BCUT2D eigenvalue weighted by atomic mass is 35.5. The van der Waals surface area contributed by atoms with Crippen LogP contribution in [-0.2, 0) is 19.6 Å². The van der Waals surface area contributed by atoms with Gasteiger partial charge in [-0.15, -0.1) is 0 Å². The van der Waals surface area contributed by atoms with E-state index in [1.165, 1.54) is 12.1 Å². The number of halogens is 1. The third-order valence-corrected chi connectivity index (χ3v) is 5.86. The molecular weight excluding hydrogens is 404 g/mol. The van der Waals surface area contributed by atoms with E-state index in [0.717, 1.165) is 6.07 Å². The van der Waals surface area contributed by atoms with Crippen molar-refractivity contribution >= 4 is 33.5 Å². The van der Waals surface area contributed by atoms with Crippen molar-refractivity contribution in [1.29, 1.82) is 0 Å². The van der Waals surface area contributed by atoms with Crippen LogP contribution in [0, 0.1) is 0 Å². The first-order valence-electron chi connectivity index (χ1n) is 8.97. The molecule has 0 aliphatic rings. The molecule has 0 bridgehead atoms. The molecule has 0 aliphatic carbocycles. The van der Waals surface area contributed by atoms with Gasteiger partial charge < -0.3 is 9.64 Å². The quantitative estimate of drug-likeness (QED) is 0.667. The summed E-state index contributed by atoms with van der Waals surface area (Å²) >= 11 is 6.02. The maximum atomic E-state index is 12.5. The van der Waals surface area contributed by atoms with E-state index in [1.54, 1.807) is 25.7 Å². The molecule has 1 amide bonds. The van der Waals surface area contributed by atoms with Crippen LogP contribution in [0.15, 0.2) is 23.1 Å². The number of amides is 1. The monoisotopic (exact) mass is 432 g/mol. The average Bonchev–Trinajstić information content (AvgIpc) is 2.49. The van der Waals surface area contributed by atoms with Crippen LogP contribution in [0.25, 0.3) is 0 Å². The number of benzene rings is 1. The molecule has 0 atom stereocenters. The maximum Gasteiger partial charge on any atom is 0.338 e. The molecule has 1 aromatic carbocycles. The Bertz CT molecular complexity index is 821. The summed E-state index contributed by atoms with van der Waals surface area (Å²) in [6.07, 6.45) is 0. The summed E-state index contributed by atoms with van der Waals surface area (Å²) in [5, 5.41) is -0.0184. The Labute approximate surface area is 172 Å². The highest BCUT2D eigenvalue weighted by Gasteiger charge is 2.26. The Morgan fingerprint density at radius 3 is 2.14 bits per heavy atom. The zero-order valence-electron chi connectivity index (χ0n) is 17.4. The van der Waals surface area contributed by atoms with Gasteiger partial charge in [-0.05, 0) is 66.7 Å². The largest absolute Gasteiger partial charge is 0.452 e. The van der Waals surface area contributed by atoms with Crippen LogP contribution < -0.4 is 4.72 Å². The van der Waals surface area contributed by atoms with E-state index in [-0.39, 0.29) is 33.5 Å². The molecule has 0 unspecified atom stereocenters. The van der Waals surface area contributed by atoms with Crippen LogP contribution in [0.3, 0.4) is 0 Å². The summed E-state index contributed by atoms with van der Waals surface area (Å²) in [5.74, 6) is -1.13. The standard InChI is InChI=1S/C19H29ClN2O5S/c1-12(2)22(13(3)4)17(23)11-27-18(24)14-8-9-15(20)16(10-14)28(25,26)21-19(5,6)7/h8-10,12-13,21H,11H2,1-7H3. The topological polar surface area (TPSA) is 92.8 Å². The molecule has 1 aromatic rings. The van der Waals surface area contributed by atoms with Gasteiger partial charge in [-0.3, -0.25) is 4.79 Å². The SMILES string of the molecule is CC(C)N(C(=O)COC(=O)c1ccc(Cl)c(S(=O)(=O)NC(C)(C)C)c1)C(C)C. The zero-order chi connectivity index (χ0) is 21.9. The number of sulfonamides is 1. The Balaban J connectivity index is 3.01. The lowest BCUT2D eigenvalue weighted by Crippen LogP contribution is -2.44. The summed E-state index contributed by atoms with van der Waals surface area (Å²) in [7, 11) is -3.94. The van der Waals surface area contributed by atoms with Crippen LogP contribution in [-0.4, -0.2) is 49.4 Å². The molecule has 0 fully saturated rings. The van der Waals surface area contributed by atoms with E-state index in [2.05, 4.69) is 4.72 Å². The summed E-state index contributed by atoms with van der Waals surface area (Å²) in [4.78, 5) is 26.0. The molecule has 0 aromatic heterocycles. The molecule has 0 saturated carbocycles. The number of hydrogen-bond acceptors (Lipinski definition) is 5. The first-order valence-corrected chi connectivity index (χ1v) is 10.8. The Morgan fingerprint density at radius 2 is 1.68 bits per heavy atom. The van der Waals surface area contributed by atoms with Gasteiger partial charge >= 0.3 is 5.97 Å². The molecule has 7 nitrogen and oxygen atoms in total. The molecule has 9 heteroatoms. The van der Waals surface area contributed by atoms with E-state index in [1.807, 2.05) is 27.7 Å². The van der Waals surface area contributed by atoms with Crippen LogP contribution in [0.4, 0.5) is 0 Å². The summed E-state index contributed by atoms with van der Waals surface area (Å²) in [6.45, 7) is 12.1. The smallest absolute Gasteiger partial charge is 0.338 e. The minimum Gasteiger partial charge on any atom is -0.452 e. The van der Waals surface area contributed by atoms with Crippen molar-refractivity contribution in [2.75, 3.05) is 6.61 Å². The maximum absolute atomic E-state index is 12.5. The second-order valence-corrected chi connectivity index (χ2v) is 10.1. The van der Waals surface area contributed by atoms with E-state index < -0.39 is 28.1 Å². The molecule has 1 rings (SSSR count). The van der Waals surface area contributed by atoms with Gasteiger partial charge in [0.1, 0.15) is 4.90 Å². The van der Waals surface area contributed by atoms with Crippen LogP contribution in [0.1, 0.15) is 58.8 Å². The lowest BCUT2D eigenvalue weighted by molar-refractivity contribution is -0.138. The third kappa shape index (κ3) is 6.76. The van der Waals surface area contributed by atoms with Gasteiger partial charge in [0.2, 0.25) is 10.0 Å². The normalized spacial score (nSPS) is 12.4. The summed E-state index contributed by atoms with van der Waals surface area (Å²) in [5.41, 5.74) is -0.727. The highest BCUT2D eigenvalue weighted by Crippen LogP contribution is 2.24. The molecule has 0 radical (unpaired) electrons. The van der Waals surface area contributed by atoms with Crippen LogP contribution in [0.5, 0.6) is 0 Å². The van der Waals surface area contributed by atoms with E-state index in [4.69, 9.17) is 16.3 Å². The van der Waals surface area contributed by atoms with Gasteiger partial charge in [0.25, 0.3) is 5.91 Å². The van der Waals surface area contributed by atoms with Gasteiger partial charge in [0.05, 0.1) is 10.6 Å². The Morgan fingerprint density at radius 1 is 1.14 bits per heavy atom. The number of carbonyl (C=O) groups is 2. The molecule has 0 saturated heterocycles. The lowest BCUT2D eigenvalue weighted by Gasteiger charge is -2.30. The first kappa shape index (κ1) is 24.4. The number of hydrogen-bond donors (Lipinski definition) is 1. The van der Waals surface area contributed by atoms with Gasteiger partial charge in [-0.1, -0.05) is 11.6 Å². The fourth-order valence-corrected chi connectivity index (χ4v) is 4.70. The second kappa shape index (κ2) is 9.24. The second-order valence-electron chi connectivity index (χ2n) is 8.07. The molecule has 0 heterocycles. The van der Waals surface area contributed by atoms with Crippen LogP contribution in [0.2, 0.25) is 5.02 Å². The minimum absolute atomic E-state index is 0.00729. The summed E-state index contributed by atoms with van der Waals surface area (Å²) in [6, 6.07) is 3.73. The zero-order valence-corrected chi connectivity index (χ0v) is 18.9. The molecule has 28 heavy (non-hydrogen) atoms. The molecule has 0 aliphatic heterocycles. The van der Waals surface area contributed by atoms with Gasteiger partial charge in [0.15, 0.2) is 6.61 Å². The predicted molar refractivity (Wildman–Crippen MR) is 109 cm³/mol. The predicted octanol–water partition coefficient (Wildman–Crippen LogP) is 3.22. The van der Waals surface area contributed by atoms with E-state index in [0.29, 0.717) is 0 Å². The van der Waals surface area contributed by atoms with E-state index in [9.17, 15) is 18.0 Å². The van der Waals surface area contributed by atoms with Crippen molar-refractivity contribution in [2.24, 2.45) is 0 Å². The van der Waals surface area contributed by atoms with Gasteiger partial charge in [-0.2, -0.15) is 0 Å². The third-order valence-electron chi connectivity index (χ3n) is 3.62. The Kier molecular flexibility index (Phi) is 8.05. The number of rotatable bonds is 7. The molecular formula is C19H29ClN2O5S. The van der Waals surface area contributed by atoms with Gasteiger partial charge in [0, 0.05) is 17.6 Å². The number of nitrogens with zero attached hydrogens (tertiary/aromatic N) is 1. The Hall–Kier alpha value is -1.64. The van der Waals surface area contributed by atoms with Crippen molar-refractivity contribution < 1.29 is 22.7 Å². The number of nitrogens with one attached hydrogen (secondary N) is 1. The van der Waals surface area contributed by atoms with Gasteiger partial charge in [-0.25, -0.2) is 17.9 Å². The number of carbonyl (C=O) groups excluding carboxylic acids is 2. The fourth-order valence-electron chi connectivity index (χ4n) is 2.75. The van der Waals surface area contributed by atoms with Crippen molar-refractivity contribution in [1.82, 2.24) is 9.62 Å². The van der Waals surface area contributed by atoms with Crippen molar-refractivity contribution in [3.63, 3.8) is 0 Å². The average molecular weight is 433 g/mol. The number of esters is 1. The molecule has 0 spiro atoms. The molecule has 1 N–H and O–H groups in total. The first-order chi connectivity index (χ1) is 12.7. The minimum atomic E-state index is -3.94. The van der Waals surface area contributed by atoms with Crippen molar-refractivity contribution in [2.45, 2.75) is 71.0 Å².